The first-order chi connectivity index (χ1) is 9.85. The predicted molar refractivity (Wildman–Crippen MR) is 76.6 cm³/mol. The van der Waals surface area contributed by atoms with Crippen LogP contribution < -0.4 is 5.32 Å². The summed E-state index contributed by atoms with van der Waals surface area (Å²) in [4.78, 5) is 5.76. The summed E-state index contributed by atoms with van der Waals surface area (Å²) in [5, 5.41) is 4.31. The summed E-state index contributed by atoms with van der Waals surface area (Å²) in [6.07, 6.45) is -1.36. The molecule has 1 N–H and O–H groups in total. The van der Waals surface area contributed by atoms with Crippen molar-refractivity contribution in [2.45, 2.75) is 57.8 Å². The van der Waals surface area contributed by atoms with E-state index in [1.165, 1.54) is 17.7 Å². The van der Waals surface area contributed by atoms with Gasteiger partial charge in [0, 0.05) is 23.9 Å². The van der Waals surface area contributed by atoms with E-state index >= 15 is 0 Å². The third-order valence-electron chi connectivity index (χ3n) is 3.17. The molecular formula is C14H21F3N2OS. The fraction of sp³-hybridized carbons (Fsp3) is 0.786. The molecule has 1 saturated carbocycles. The van der Waals surface area contributed by atoms with Crippen LogP contribution in [0.2, 0.25) is 0 Å². The largest absolute Gasteiger partial charge is 0.411 e. The lowest BCUT2D eigenvalue weighted by Gasteiger charge is -2.06. The van der Waals surface area contributed by atoms with E-state index in [-0.39, 0.29) is 6.61 Å². The minimum Gasteiger partial charge on any atom is -0.372 e. The number of aromatic nitrogens is 1. The first kappa shape index (κ1) is 16.7. The van der Waals surface area contributed by atoms with Crippen molar-refractivity contribution in [1.82, 2.24) is 10.3 Å². The predicted octanol–water partition coefficient (Wildman–Crippen LogP) is 3.64. The van der Waals surface area contributed by atoms with Crippen molar-refractivity contribution in [3.63, 3.8) is 0 Å². The summed E-state index contributed by atoms with van der Waals surface area (Å²) in [7, 11) is 0. The molecule has 0 amide bonds. The summed E-state index contributed by atoms with van der Waals surface area (Å²) in [6.45, 7) is 3.84. The van der Waals surface area contributed by atoms with Crippen molar-refractivity contribution in [1.29, 1.82) is 0 Å². The van der Waals surface area contributed by atoms with E-state index in [2.05, 4.69) is 28.9 Å². The molecule has 0 unspecified atom stereocenters. The molecule has 0 aliphatic heterocycles. The fourth-order valence-corrected chi connectivity index (χ4v) is 3.13. The van der Waals surface area contributed by atoms with E-state index in [4.69, 9.17) is 0 Å². The molecule has 120 valence electrons. The lowest BCUT2D eigenvalue weighted by Crippen LogP contribution is -2.17. The number of hydrogen-bond donors (Lipinski definition) is 1. The first-order valence-electron chi connectivity index (χ1n) is 7.21. The summed E-state index contributed by atoms with van der Waals surface area (Å²) in [5.74, 6) is 0.321. The van der Waals surface area contributed by atoms with Gasteiger partial charge in [0.15, 0.2) is 0 Å². The van der Waals surface area contributed by atoms with Gasteiger partial charge >= 0.3 is 6.18 Å². The standard InChI is InChI=1S/C14H21F3N2OS/c1-9(2)13-11(7-18-10-3-4-10)21-12(19-13)5-6-20-8-14(15,16)17/h9-10,18H,3-8H2,1-2H3. The van der Waals surface area contributed by atoms with Crippen molar-refractivity contribution in [3.8, 4) is 0 Å². The van der Waals surface area contributed by atoms with Crippen LogP contribution in [0.1, 0.15) is 48.2 Å². The number of ether oxygens (including phenoxy) is 1. The van der Waals surface area contributed by atoms with Crippen LogP contribution in [-0.4, -0.2) is 30.4 Å². The molecule has 1 aliphatic rings. The van der Waals surface area contributed by atoms with Crippen LogP contribution in [0.4, 0.5) is 13.2 Å². The number of rotatable bonds is 8. The zero-order valence-electron chi connectivity index (χ0n) is 12.3. The van der Waals surface area contributed by atoms with Gasteiger partial charge in [-0.25, -0.2) is 4.98 Å². The highest BCUT2D eigenvalue weighted by molar-refractivity contribution is 7.11. The second-order valence-electron chi connectivity index (χ2n) is 5.64. The average molecular weight is 322 g/mol. The van der Waals surface area contributed by atoms with Crippen LogP contribution in [-0.2, 0) is 17.7 Å². The Balaban J connectivity index is 1.85. The minimum absolute atomic E-state index is 0.0556. The maximum Gasteiger partial charge on any atom is 0.411 e. The molecule has 1 aliphatic carbocycles. The molecule has 0 saturated heterocycles. The monoisotopic (exact) mass is 322 g/mol. The highest BCUT2D eigenvalue weighted by Crippen LogP contribution is 2.27. The second kappa shape index (κ2) is 7.07. The van der Waals surface area contributed by atoms with Gasteiger partial charge in [0.2, 0.25) is 0 Å². The quantitative estimate of drug-likeness (QED) is 0.742. The summed E-state index contributed by atoms with van der Waals surface area (Å²) < 4.78 is 40.6. The molecule has 2 rings (SSSR count). The summed E-state index contributed by atoms with van der Waals surface area (Å²) in [6, 6.07) is 0.630. The highest BCUT2D eigenvalue weighted by atomic mass is 32.1. The molecule has 0 atom stereocenters. The molecule has 0 spiro atoms. The molecule has 1 aromatic rings. The van der Waals surface area contributed by atoms with Gasteiger partial charge in [-0.2, -0.15) is 13.2 Å². The smallest absolute Gasteiger partial charge is 0.372 e. The van der Waals surface area contributed by atoms with Gasteiger partial charge in [-0.3, -0.25) is 0 Å². The molecule has 1 aromatic heterocycles. The van der Waals surface area contributed by atoms with Crippen LogP contribution >= 0.6 is 11.3 Å². The van der Waals surface area contributed by atoms with E-state index < -0.39 is 12.8 Å². The Morgan fingerprint density at radius 3 is 2.67 bits per heavy atom. The van der Waals surface area contributed by atoms with E-state index in [0.717, 1.165) is 17.2 Å². The lowest BCUT2D eigenvalue weighted by atomic mass is 10.1. The van der Waals surface area contributed by atoms with Crippen molar-refractivity contribution < 1.29 is 17.9 Å². The van der Waals surface area contributed by atoms with Gasteiger partial charge in [0.05, 0.1) is 17.3 Å². The molecule has 1 fully saturated rings. The number of alkyl halides is 3. The number of hydrogen-bond acceptors (Lipinski definition) is 4. The third kappa shape index (κ3) is 5.92. The third-order valence-corrected chi connectivity index (χ3v) is 4.30. The normalized spacial score (nSPS) is 15.9. The molecule has 0 radical (unpaired) electrons. The number of thiazole rings is 1. The van der Waals surface area contributed by atoms with Crippen LogP contribution in [0.15, 0.2) is 0 Å². The van der Waals surface area contributed by atoms with Crippen LogP contribution in [0, 0.1) is 0 Å². The lowest BCUT2D eigenvalue weighted by molar-refractivity contribution is -0.173. The number of nitrogens with zero attached hydrogens (tertiary/aromatic N) is 1. The number of nitrogens with one attached hydrogen (secondary N) is 1. The summed E-state index contributed by atoms with van der Waals surface area (Å²) >= 11 is 1.58. The molecule has 7 heteroatoms. The Morgan fingerprint density at radius 2 is 2.10 bits per heavy atom. The van der Waals surface area contributed by atoms with Crippen molar-refractivity contribution in [2.75, 3.05) is 13.2 Å². The highest BCUT2D eigenvalue weighted by Gasteiger charge is 2.27. The Hall–Kier alpha value is -0.660. The Kier molecular flexibility index (Phi) is 5.62. The van der Waals surface area contributed by atoms with E-state index in [0.29, 0.717) is 18.4 Å². The van der Waals surface area contributed by atoms with Gasteiger partial charge in [-0.15, -0.1) is 11.3 Å². The van der Waals surface area contributed by atoms with Crippen molar-refractivity contribution >= 4 is 11.3 Å². The molecule has 21 heavy (non-hydrogen) atoms. The minimum atomic E-state index is -4.26. The molecule has 1 heterocycles. The van der Waals surface area contributed by atoms with E-state index in [9.17, 15) is 13.2 Å². The maximum atomic E-state index is 12.0. The van der Waals surface area contributed by atoms with Gasteiger partial charge < -0.3 is 10.1 Å². The van der Waals surface area contributed by atoms with Crippen LogP contribution in [0.3, 0.4) is 0 Å². The Bertz CT molecular complexity index is 456. The SMILES string of the molecule is CC(C)c1nc(CCOCC(F)(F)F)sc1CNC1CC1. The average Bonchev–Trinajstić information content (AvgIpc) is 3.11. The fourth-order valence-electron chi connectivity index (χ4n) is 1.97. The molecular weight excluding hydrogens is 301 g/mol. The first-order valence-corrected chi connectivity index (χ1v) is 8.03. The van der Waals surface area contributed by atoms with Gasteiger partial charge in [0.25, 0.3) is 0 Å². The zero-order chi connectivity index (χ0) is 15.5. The Morgan fingerprint density at radius 1 is 1.38 bits per heavy atom. The number of halogens is 3. The Labute approximate surface area is 126 Å². The van der Waals surface area contributed by atoms with Crippen LogP contribution in [0.25, 0.3) is 0 Å². The molecule has 3 nitrogen and oxygen atoms in total. The van der Waals surface area contributed by atoms with Gasteiger partial charge in [0.1, 0.15) is 6.61 Å². The van der Waals surface area contributed by atoms with Crippen molar-refractivity contribution in [2.24, 2.45) is 0 Å². The van der Waals surface area contributed by atoms with Gasteiger partial charge in [-0.1, -0.05) is 13.8 Å². The van der Waals surface area contributed by atoms with E-state index in [1.807, 2.05) is 0 Å². The van der Waals surface area contributed by atoms with E-state index in [1.54, 1.807) is 11.3 Å². The van der Waals surface area contributed by atoms with Crippen molar-refractivity contribution in [3.05, 3.63) is 15.6 Å². The topological polar surface area (TPSA) is 34.1 Å². The zero-order valence-corrected chi connectivity index (χ0v) is 13.1. The molecule has 0 aromatic carbocycles. The molecule has 0 bridgehead atoms. The maximum absolute atomic E-state index is 12.0. The van der Waals surface area contributed by atoms with Crippen LogP contribution in [0.5, 0.6) is 0 Å². The van der Waals surface area contributed by atoms with Gasteiger partial charge in [-0.05, 0) is 18.8 Å². The second-order valence-corrected chi connectivity index (χ2v) is 6.81. The summed E-state index contributed by atoms with van der Waals surface area (Å²) in [5.41, 5.74) is 1.05.